The van der Waals surface area contributed by atoms with Crippen molar-refractivity contribution in [3.05, 3.63) is 29.5 Å². The van der Waals surface area contributed by atoms with Crippen molar-refractivity contribution < 1.29 is 27.5 Å². The van der Waals surface area contributed by atoms with Crippen molar-refractivity contribution in [3.63, 3.8) is 0 Å². The lowest BCUT2D eigenvalue weighted by Gasteiger charge is -2.36. The van der Waals surface area contributed by atoms with Gasteiger partial charge >= 0.3 is 6.36 Å². The number of H-pyrrole nitrogens is 1. The standard InChI is InChI=1S/C24H25F3N4O3/c25-24(26,27)34-19-7-3-6-14-17-12-31(11-8-18(17)29-20(14)19)22(33)16-5-2-1-4-15(16)21(32)30-23(13-28)9-10-23/h3,6-7,15-16,29H,1-2,4-5,8-12H2,(H,30,32)/t15-,16?/m1/s1. The number of aromatic amines is 1. The van der Waals surface area contributed by atoms with E-state index in [4.69, 9.17) is 0 Å². The van der Waals surface area contributed by atoms with Crippen LogP contribution in [-0.2, 0) is 22.6 Å². The van der Waals surface area contributed by atoms with Gasteiger partial charge in [-0.1, -0.05) is 25.0 Å². The minimum absolute atomic E-state index is 0.107. The third-order valence-corrected chi connectivity index (χ3v) is 7.26. The van der Waals surface area contributed by atoms with E-state index < -0.39 is 23.7 Å². The van der Waals surface area contributed by atoms with E-state index in [2.05, 4.69) is 21.1 Å². The number of amides is 2. The van der Waals surface area contributed by atoms with Crippen molar-refractivity contribution in [2.45, 2.75) is 63.4 Å². The van der Waals surface area contributed by atoms with E-state index in [1.165, 1.54) is 12.1 Å². The Hall–Kier alpha value is -3.22. The van der Waals surface area contributed by atoms with E-state index >= 15 is 0 Å². The summed E-state index contributed by atoms with van der Waals surface area (Å²) >= 11 is 0. The molecule has 2 aliphatic carbocycles. The Labute approximate surface area is 194 Å². The molecule has 0 spiro atoms. The number of nitrogens with zero attached hydrogens (tertiary/aromatic N) is 2. The quantitative estimate of drug-likeness (QED) is 0.702. The number of carbonyl (C=O) groups is 2. The Kier molecular flexibility index (Phi) is 5.46. The highest BCUT2D eigenvalue weighted by molar-refractivity contribution is 5.92. The predicted octanol–water partition coefficient (Wildman–Crippen LogP) is 3.93. The molecule has 1 aliphatic heterocycles. The molecule has 7 nitrogen and oxygen atoms in total. The zero-order valence-corrected chi connectivity index (χ0v) is 18.5. The first-order chi connectivity index (χ1) is 16.2. The van der Waals surface area contributed by atoms with Gasteiger partial charge in [0.15, 0.2) is 5.75 Å². The molecule has 0 radical (unpaired) electrons. The summed E-state index contributed by atoms with van der Waals surface area (Å²) in [6.45, 7) is 0.678. The molecule has 1 aromatic carbocycles. The lowest BCUT2D eigenvalue weighted by molar-refractivity contribution is -0.274. The van der Waals surface area contributed by atoms with Gasteiger partial charge in [0.05, 0.1) is 11.6 Å². The molecule has 34 heavy (non-hydrogen) atoms. The second-order valence-electron chi connectivity index (χ2n) is 9.50. The van der Waals surface area contributed by atoms with Gasteiger partial charge in [-0.2, -0.15) is 5.26 Å². The van der Waals surface area contributed by atoms with Crippen LogP contribution in [0.25, 0.3) is 10.9 Å². The van der Waals surface area contributed by atoms with Crippen molar-refractivity contribution in [1.82, 2.24) is 15.2 Å². The molecule has 2 amide bonds. The lowest BCUT2D eigenvalue weighted by Crippen LogP contribution is -2.48. The highest BCUT2D eigenvalue weighted by Gasteiger charge is 2.47. The maximum absolute atomic E-state index is 13.5. The fraction of sp³-hybridized carbons (Fsp3) is 0.542. The molecule has 2 atom stereocenters. The van der Waals surface area contributed by atoms with Gasteiger partial charge in [-0.15, -0.1) is 13.2 Å². The Morgan fingerprint density at radius 1 is 1.21 bits per heavy atom. The van der Waals surface area contributed by atoms with Crippen molar-refractivity contribution >= 4 is 22.7 Å². The summed E-state index contributed by atoms with van der Waals surface area (Å²) in [5.74, 6) is -1.56. The van der Waals surface area contributed by atoms with Gasteiger partial charge in [-0.05, 0) is 31.7 Å². The summed E-state index contributed by atoms with van der Waals surface area (Å²) in [5, 5.41) is 12.8. The summed E-state index contributed by atoms with van der Waals surface area (Å²) < 4.78 is 42.6. The predicted molar refractivity (Wildman–Crippen MR) is 115 cm³/mol. The number of halogens is 3. The van der Waals surface area contributed by atoms with Gasteiger partial charge in [-0.3, -0.25) is 9.59 Å². The van der Waals surface area contributed by atoms with E-state index in [0.717, 1.165) is 24.1 Å². The smallest absolute Gasteiger partial charge is 0.404 e. The average molecular weight is 474 g/mol. The zero-order valence-electron chi connectivity index (χ0n) is 18.5. The van der Waals surface area contributed by atoms with Crippen LogP contribution in [0.3, 0.4) is 0 Å². The van der Waals surface area contributed by atoms with Crippen molar-refractivity contribution in [1.29, 1.82) is 5.26 Å². The first-order valence-corrected chi connectivity index (χ1v) is 11.6. The lowest BCUT2D eigenvalue weighted by atomic mass is 9.77. The molecule has 2 N–H and O–H groups in total. The topological polar surface area (TPSA) is 98.2 Å². The summed E-state index contributed by atoms with van der Waals surface area (Å²) in [7, 11) is 0. The molecule has 3 aliphatic rings. The van der Waals surface area contributed by atoms with Gasteiger partial charge in [-0.25, -0.2) is 0 Å². The van der Waals surface area contributed by atoms with Crippen LogP contribution in [0, 0.1) is 23.2 Å². The number of aromatic nitrogens is 1. The van der Waals surface area contributed by atoms with E-state index in [0.29, 0.717) is 44.0 Å². The van der Waals surface area contributed by atoms with Crippen LogP contribution in [-0.4, -0.2) is 40.1 Å². The molecule has 0 saturated heterocycles. The van der Waals surface area contributed by atoms with Gasteiger partial charge in [0, 0.05) is 48.0 Å². The van der Waals surface area contributed by atoms with Crippen LogP contribution < -0.4 is 10.1 Å². The summed E-state index contributed by atoms with van der Waals surface area (Å²) in [5.41, 5.74) is 1.06. The molecule has 2 aromatic rings. The molecule has 5 rings (SSSR count). The van der Waals surface area contributed by atoms with Crippen LogP contribution in [0.2, 0.25) is 0 Å². The fourth-order valence-electron chi connectivity index (χ4n) is 5.30. The molecular weight excluding hydrogens is 449 g/mol. The van der Waals surface area contributed by atoms with E-state index in [1.54, 1.807) is 11.0 Å². The number of hydrogen-bond acceptors (Lipinski definition) is 4. The maximum Gasteiger partial charge on any atom is 0.573 e. The molecule has 2 heterocycles. The van der Waals surface area contributed by atoms with Gasteiger partial charge in [0.1, 0.15) is 5.54 Å². The van der Waals surface area contributed by atoms with Crippen LogP contribution in [0.15, 0.2) is 18.2 Å². The Balaban J connectivity index is 1.36. The molecule has 180 valence electrons. The minimum Gasteiger partial charge on any atom is -0.404 e. The molecule has 2 fully saturated rings. The van der Waals surface area contributed by atoms with Crippen LogP contribution in [0.1, 0.15) is 49.8 Å². The van der Waals surface area contributed by atoms with Gasteiger partial charge in [0.25, 0.3) is 0 Å². The normalized spacial score (nSPS) is 23.6. The molecular formula is C24H25F3N4O3. The average Bonchev–Trinajstić information content (AvgIpc) is 3.48. The summed E-state index contributed by atoms with van der Waals surface area (Å²) in [6.07, 6.45) is -0.132. The molecule has 0 bridgehead atoms. The third kappa shape index (κ3) is 4.19. The largest absolute Gasteiger partial charge is 0.573 e. The molecule has 1 aromatic heterocycles. The highest BCUT2D eigenvalue weighted by atomic mass is 19.4. The van der Waals surface area contributed by atoms with Crippen LogP contribution >= 0.6 is 0 Å². The number of rotatable bonds is 4. The molecule has 1 unspecified atom stereocenters. The zero-order chi connectivity index (χ0) is 24.1. The van der Waals surface area contributed by atoms with E-state index in [-0.39, 0.29) is 29.6 Å². The van der Waals surface area contributed by atoms with Crippen molar-refractivity contribution in [3.8, 4) is 11.8 Å². The SMILES string of the molecule is N#CC1(NC(=O)[C@@H]2CCCCC2C(=O)N2CCc3[nH]c4c(OC(F)(F)F)cccc4c3C2)CC1. The summed E-state index contributed by atoms with van der Waals surface area (Å²) in [6, 6.07) is 6.65. The maximum atomic E-state index is 13.5. The van der Waals surface area contributed by atoms with Gasteiger partial charge in [0.2, 0.25) is 11.8 Å². The molecule has 10 heteroatoms. The van der Waals surface area contributed by atoms with E-state index in [9.17, 15) is 28.0 Å². The minimum atomic E-state index is -4.80. The van der Waals surface area contributed by atoms with Gasteiger partial charge < -0.3 is 19.9 Å². The highest BCUT2D eigenvalue weighted by Crippen LogP contribution is 2.39. The first kappa shape index (κ1) is 22.6. The fourth-order valence-corrected chi connectivity index (χ4v) is 5.30. The number of alkyl halides is 3. The second-order valence-corrected chi connectivity index (χ2v) is 9.50. The number of carbonyl (C=O) groups excluding carboxylic acids is 2. The van der Waals surface area contributed by atoms with E-state index in [1.807, 2.05) is 0 Å². The van der Waals surface area contributed by atoms with Crippen LogP contribution in [0.4, 0.5) is 13.2 Å². The number of para-hydroxylation sites is 1. The first-order valence-electron chi connectivity index (χ1n) is 11.6. The second kappa shape index (κ2) is 8.22. The number of fused-ring (bicyclic) bond motifs is 3. The van der Waals surface area contributed by atoms with Crippen molar-refractivity contribution in [2.75, 3.05) is 6.54 Å². The molecule has 2 saturated carbocycles. The number of nitrogens with one attached hydrogen (secondary N) is 2. The Morgan fingerprint density at radius 2 is 1.94 bits per heavy atom. The van der Waals surface area contributed by atoms with Crippen molar-refractivity contribution in [2.24, 2.45) is 11.8 Å². The third-order valence-electron chi connectivity index (χ3n) is 7.26. The Bertz CT molecular complexity index is 1180. The Morgan fingerprint density at radius 3 is 2.62 bits per heavy atom. The number of hydrogen-bond donors (Lipinski definition) is 2. The van der Waals surface area contributed by atoms with Crippen LogP contribution in [0.5, 0.6) is 5.75 Å². The monoisotopic (exact) mass is 474 g/mol. The number of benzene rings is 1. The number of nitriles is 1. The summed E-state index contributed by atoms with van der Waals surface area (Å²) in [4.78, 5) is 31.3. The number of ether oxygens (including phenoxy) is 1.